The Hall–Kier alpha value is -7.28. The van der Waals surface area contributed by atoms with Crippen molar-refractivity contribution in [1.29, 1.82) is 0 Å². The summed E-state index contributed by atoms with van der Waals surface area (Å²) in [7, 11) is 1.88. The second-order valence-corrected chi connectivity index (χ2v) is 16.8. The summed E-state index contributed by atoms with van der Waals surface area (Å²) in [6.07, 6.45) is 5.94. The van der Waals surface area contributed by atoms with Crippen molar-refractivity contribution in [1.82, 2.24) is 35.4 Å². The maximum Gasteiger partial charge on any atom is 0.295 e. The van der Waals surface area contributed by atoms with Gasteiger partial charge in [-0.25, -0.2) is 19.9 Å². The molecule has 1 unspecified atom stereocenters. The van der Waals surface area contributed by atoms with Crippen LogP contribution in [0.2, 0.25) is 5.02 Å². The zero-order valence-corrected chi connectivity index (χ0v) is 39.2. The number of fused-ring (bicyclic) bond motifs is 2. The van der Waals surface area contributed by atoms with Crippen molar-refractivity contribution >= 4 is 69.1 Å². The summed E-state index contributed by atoms with van der Waals surface area (Å²) >= 11 is 6.16. The number of anilines is 2. The van der Waals surface area contributed by atoms with Crippen LogP contribution in [0.25, 0.3) is 22.1 Å². The number of carbonyl (C=O) groups excluding carboxylic acids is 4. The molecule has 1 amide bonds. The molecule has 0 aliphatic heterocycles. The summed E-state index contributed by atoms with van der Waals surface area (Å²) in [4.78, 5) is 72.1. The van der Waals surface area contributed by atoms with E-state index in [1.165, 1.54) is 0 Å². The topological polar surface area (TPSA) is 240 Å². The lowest BCUT2D eigenvalue weighted by Gasteiger charge is -2.20. The Morgan fingerprint density at radius 2 is 1.70 bits per heavy atom. The van der Waals surface area contributed by atoms with Crippen LogP contribution < -0.4 is 20.7 Å². The number of aromatic amines is 1. The van der Waals surface area contributed by atoms with Crippen LogP contribution in [0.5, 0.6) is 5.75 Å². The van der Waals surface area contributed by atoms with Crippen LogP contribution in [-0.4, -0.2) is 100 Å². The van der Waals surface area contributed by atoms with Gasteiger partial charge in [-0.2, -0.15) is 0 Å². The highest BCUT2D eigenvalue weighted by Gasteiger charge is 2.18. The molecule has 1 atom stereocenters. The molecule has 0 spiro atoms. The number of nitrogens with zero attached hydrogens (tertiary/aromatic N) is 6. The Morgan fingerprint density at radius 1 is 0.913 bits per heavy atom. The average molecular weight is 960 g/mol. The first-order chi connectivity index (χ1) is 33.5. The molecular formula is C50H54ClN9O9. The Morgan fingerprint density at radius 3 is 2.49 bits per heavy atom. The van der Waals surface area contributed by atoms with Crippen LogP contribution in [0.4, 0.5) is 11.5 Å². The van der Waals surface area contributed by atoms with Crippen LogP contribution in [-0.2, 0) is 43.2 Å². The summed E-state index contributed by atoms with van der Waals surface area (Å²) in [6, 6.07) is 21.9. The number of hydrogen-bond donors (Lipinski definition) is 3. The highest BCUT2D eigenvalue weighted by molar-refractivity contribution is 6.31. The third kappa shape index (κ3) is 14.6. The summed E-state index contributed by atoms with van der Waals surface area (Å²) in [5, 5.41) is 8.44. The van der Waals surface area contributed by atoms with Crippen molar-refractivity contribution in [3.8, 4) is 5.75 Å². The van der Waals surface area contributed by atoms with Crippen molar-refractivity contribution in [3.05, 3.63) is 130 Å². The van der Waals surface area contributed by atoms with E-state index >= 15 is 0 Å². The quantitative estimate of drug-likeness (QED) is 0.0188. The van der Waals surface area contributed by atoms with Crippen molar-refractivity contribution in [3.63, 3.8) is 0 Å². The van der Waals surface area contributed by atoms with Crippen LogP contribution in [0.1, 0.15) is 87.8 Å². The molecular weight excluding hydrogens is 906 g/mol. The zero-order valence-electron chi connectivity index (χ0n) is 38.4. The Labute approximate surface area is 403 Å². The maximum absolute atomic E-state index is 13.0. The molecule has 0 aliphatic carbocycles. The van der Waals surface area contributed by atoms with E-state index in [4.69, 9.17) is 40.8 Å². The molecule has 19 heteroatoms. The Kier molecular flexibility index (Phi) is 17.7. The molecule has 4 N–H and O–H groups in total. The number of halogens is 1. The number of Topliss-reactive ketones (excluding diaryl/α,β-unsaturated/α-hetero) is 2. The highest BCUT2D eigenvalue weighted by atomic mass is 35.5. The number of hydrogen-bond acceptors (Lipinski definition) is 16. The minimum absolute atomic E-state index is 0.0436. The highest BCUT2D eigenvalue weighted by Crippen LogP contribution is 2.25. The Bertz CT molecular complexity index is 2840. The predicted octanol–water partition coefficient (Wildman–Crippen LogP) is 7.34. The average Bonchev–Trinajstić information content (AvgIpc) is 3.99. The van der Waals surface area contributed by atoms with Crippen LogP contribution in [0, 0.1) is 6.92 Å². The van der Waals surface area contributed by atoms with Gasteiger partial charge in [0, 0.05) is 85.2 Å². The van der Waals surface area contributed by atoms with Gasteiger partial charge in [0.15, 0.2) is 29.0 Å². The normalized spacial score (nSPS) is 11.7. The number of ether oxygens (including phenoxy) is 4. The van der Waals surface area contributed by atoms with E-state index < -0.39 is 12.1 Å². The lowest BCUT2D eigenvalue weighted by Crippen LogP contribution is -2.37. The first-order valence-electron chi connectivity index (χ1n) is 22.6. The number of nitrogens with one attached hydrogen (secondary N) is 2. The van der Waals surface area contributed by atoms with Gasteiger partial charge in [-0.05, 0) is 91.9 Å². The van der Waals surface area contributed by atoms with Crippen molar-refractivity contribution in [2.45, 2.75) is 71.1 Å². The number of benzene rings is 3. The van der Waals surface area contributed by atoms with E-state index in [-0.39, 0.29) is 43.1 Å². The van der Waals surface area contributed by atoms with E-state index in [1.807, 2.05) is 60.6 Å². The molecule has 0 saturated carbocycles. The van der Waals surface area contributed by atoms with Gasteiger partial charge >= 0.3 is 0 Å². The second kappa shape index (κ2) is 24.7. The molecule has 0 bridgehead atoms. The van der Waals surface area contributed by atoms with E-state index in [9.17, 15) is 19.2 Å². The van der Waals surface area contributed by atoms with Gasteiger partial charge in [-0.15, -0.1) is 0 Å². The van der Waals surface area contributed by atoms with E-state index in [0.29, 0.717) is 116 Å². The number of H-pyrrole nitrogens is 1. The minimum atomic E-state index is -0.969. The zero-order chi connectivity index (χ0) is 48.5. The third-order valence-electron chi connectivity index (χ3n) is 11.1. The minimum Gasteiger partial charge on any atom is -0.491 e. The van der Waals surface area contributed by atoms with Crippen LogP contribution >= 0.6 is 11.6 Å². The fraction of sp³-hybridized carbons (Fsp3) is 0.340. The predicted molar refractivity (Wildman–Crippen MR) is 258 cm³/mol. The van der Waals surface area contributed by atoms with E-state index in [1.54, 1.807) is 43.5 Å². The van der Waals surface area contributed by atoms with Crippen LogP contribution in [0.15, 0.2) is 89.7 Å². The molecule has 7 rings (SSSR count). The van der Waals surface area contributed by atoms with Gasteiger partial charge in [0.05, 0.1) is 38.3 Å². The van der Waals surface area contributed by atoms with E-state index in [2.05, 4.69) is 35.4 Å². The van der Waals surface area contributed by atoms with Crippen molar-refractivity contribution in [2.24, 2.45) is 0 Å². The van der Waals surface area contributed by atoms with Gasteiger partial charge in [-0.3, -0.25) is 19.2 Å². The number of carbonyl (C=O) groups is 4. The second-order valence-electron chi connectivity index (χ2n) is 16.3. The Balaban J connectivity index is 0.705. The van der Waals surface area contributed by atoms with Crippen molar-refractivity contribution < 1.29 is 42.6 Å². The molecule has 0 radical (unpaired) electrons. The number of rotatable bonds is 28. The molecule has 0 aliphatic rings. The first kappa shape index (κ1) is 49.6. The van der Waals surface area contributed by atoms with Crippen molar-refractivity contribution in [2.75, 3.05) is 50.7 Å². The summed E-state index contributed by atoms with van der Waals surface area (Å²) in [5.74, 6) is 1.53. The lowest BCUT2D eigenvalue weighted by atomic mass is 10.0. The number of amides is 1. The van der Waals surface area contributed by atoms with Gasteiger partial charge in [0.1, 0.15) is 35.4 Å². The van der Waals surface area contributed by atoms with Gasteiger partial charge in [0.2, 0.25) is 0 Å². The standard InChI is InChI=1S/C50H54ClN9O9/c1-32-55-48(52)47-49(56-32)54-29-37(57-47)30-60(2)38-13-10-34(11-14-38)50(64)58-46(68-31-61)19-15-39(62)6-4-20-65-21-22-66-23-24-67-40-16-8-33(9-17-40)25-41-27-44(59-69-41)45(63)7-3-5-35-28-53-43-18-12-36(51)26-42(35)43/h8-14,16-18,26-29,31,46,53H,3-7,15,19-25,30H2,1-2H3,(H,58,64)(H2,52,54,55,56). The SMILES string of the molecule is Cc1nc(N)c2nc(CN(C)c3ccc(C(=O)NC(CCC(=O)CCCOCCOCCOc4ccc(Cc5cc(C(=O)CCCc6c[nH]c7ccc(Cl)cc67)no5)cc4)OC=O)cc3)cnc2n1. The lowest BCUT2D eigenvalue weighted by molar-refractivity contribution is -0.135. The first-order valence-corrected chi connectivity index (χ1v) is 23.0. The van der Waals surface area contributed by atoms with Gasteiger partial charge < -0.3 is 44.4 Å². The molecule has 18 nitrogen and oxygen atoms in total. The van der Waals surface area contributed by atoms with Crippen LogP contribution in [0.3, 0.4) is 0 Å². The molecule has 69 heavy (non-hydrogen) atoms. The molecule has 4 aromatic heterocycles. The molecule has 360 valence electrons. The molecule has 3 aromatic carbocycles. The molecule has 0 saturated heterocycles. The third-order valence-corrected chi connectivity index (χ3v) is 11.3. The fourth-order valence-electron chi connectivity index (χ4n) is 7.51. The molecule has 0 fully saturated rings. The number of ketones is 2. The largest absolute Gasteiger partial charge is 0.491 e. The molecule has 4 heterocycles. The van der Waals surface area contributed by atoms with E-state index in [0.717, 1.165) is 34.1 Å². The van der Waals surface area contributed by atoms with Gasteiger partial charge in [-0.1, -0.05) is 28.9 Å². The summed E-state index contributed by atoms with van der Waals surface area (Å²) < 4.78 is 27.6. The number of nitrogens with two attached hydrogens (primary N) is 1. The maximum atomic E-state index is 13.0. The number of aromatic nitrogens is 6. The summed E-state index contributed by atoms with van der Waals surface area (Å²) in [6.45, 7) is 4.23. The number of aryl methyl sites for hydroxylation is 2. The number of nitrogen functional groups attached to an aromatic ring is 1. The molecule has 7 aromatic rings. The summed E-state index contributed by atoms with van der Waals surface area (Å²) in [5.41, 5.74) is 12.2. The van der Waals surface area contributed by atoms with Gasteiger partial charge in [0.25, 0.3) is 12.4 Å². The fourth-order valence-corrected chi connectivity index (χ4v) is 7.69. The monoisotopic (exact) mass is 959 g/mol. The smallest absolute Gasteiger partial charge is 0.295 e.